The molecule has 0 unspecified atom stereocenters. The van der Waals surface area contributed by atoms with Crippen LogP contribution in [0.5, 0.6) is 0 Å². The van der Waals surface area contributed by atoms with Gasteiger partial charge in [0.2, 0.25) is 0 Å². The maximum absolute atomic E-state index is 12.6. The lowest BCUT2D eigenvalue weighted by Crippen LogP contribution is -2.24. The Morgan fingerprint density at radius 2 is 1.83 bits per heavy atom. The van der Waals surface area contributed by atoms with Crippen LogP contribution >= 0.6 is 11.6 Å². The normalized spacial score (nSPS) is 11.6. The quantitative estimate of drug-likeness (QED) is 0.789. The van der Waals surface area contributed by atoms with Crippen molar-refractivity contribution in [2.45, 2.75) is 47.1 Å². The van der Waals surface area contributed by atoms with Gasteiger partial charge in [-0.25, -0.2) is 0 Å². The molecule has 0 aliphatic carbocycles. The molecule has 4 heteroatoms. The van der Waals surface area contributed by atoms with E-state index in [4.69, 9.17) is 11.6 Å². The maximum atomic E-state index is 12.6. The van der Waals surface area contributed by atoms with Gasteiger partial charge in [-0.1, -0.05) is 11.6 Å². The Morgan fingerprint density at radius 3 is 2.35 bits per heavy atom. The fourth-order valence-corrected chi connectivity index (χ4v) is 3.40. The van der Waals surface area contributed by atoms with Gasteiger partial charge < -0.3 is 9.88 Å². The number of aryl methyl sites for hydroxylation is 2. The second-order valence-electron chi connectivity index (χ2n) is 7.03. The van der Waals surface area contributed by atoms with E-state index in [1.165, 1.54) is 0 Å². The third-order valence-corrected chi connectivity index (χ3v) is 4.27. The Balaban J connectivity index is 2.19. The molecule has 2 rings (SSSR count). The van der Waals surface area contributed by atoms with Crippen LogP contribution in [0, 0.1) is 20.8 Å². The number of ketones is 1. The zero-order chi connectivity index (χ0) is 17.4. The van der Waals surface area contributed by atoms with Gasteiger partial charge in [0.05, 0.1) is 6.54 Å². The second kappa shape index (κ2) is 6.40. The van der Waals surface area contributed by atoms with E-state index in [2.05, 4.69) is 30.7 Å². The predicted molar refractivity (Wildman–Crippen MR) is 97.9 cm³/mol. The number of halogens is 1. The number of nitrogens with one attached hydrogen (secondary N) is 1. The number of Topliss-reactive ketones (excluding diaryl/α,β-unsaturated/α-hetero) is 1. The molecular formula is C19H25ClN2O. The van der Waals surface area contributed by atoms with Gasteiger partial charge in [0, 0.05) is 33.2 Å². The molecule has 3 nitrogen and oxygen atoms in total. The Morgan fingerprint density at radius 1 is 1.17 bits per heavy atom. The van der Waals surface area contributed by atoms with Crippen molar-refractivity contribution in [2.75, 3.05) is 11.9 Å². The fourth-order valence-electron chi connectivity index (χ4n) is 3.17. The van der Waals surface area contributed by atoms with Gasteiger partial charge >= 0.3 is 0 Å². The lowest BCUT2D eigenvalue weighted by atomic mass is 10.1. The third-order valence-electron chi connectivity index (χ3n) is 4.03. The van der Waals surface area contributed by atoms with E-state index in [9.17, 15) is 4.79 Å². The van der Waals surface area contributed by atoms with Crippen LogP contribution in [0.25, 0.3) is 0 Å². The van der Waals surface area contributed by atoms with Crippen molar-refractivity contribution < 1.29 is 4.79 Å². The second-order valence-corrected chi connectivity index (χ2v) is 7.46. The number of carbonyl (C=O) groups is 1. The van der Waals surface area contributed by atoms with Crippen LogP contribution in [-0.2, 0) is 5.54 Å². The first kappa shape index (κ1) is 17.6. The van der Waals surface area contributed by atoms with Gasteiger partial charge in [-0.05, 0) is 71.4 Å². The molecule has 2 aromatic rings. The number of hydrogen-bond donors (Lipinski definition) is 1. The summed E-state index contributed by atoms with van der Waals surface area (Å²) < 4.78 is 2.22. The van der Waals surface area contributed by atoms with E-state index in [1.807, 2.05) is 45.0 Å². The van der Waals surface area contributed by atoms with Crippen LogP contribution in [0.3, 0.4) is 0 Å². The Hall–Kier alpha value is -1.74. The number of aromatic nitrogens is 1. The topological polar surface area (TPSA) is 34.0 Å². The summed E-state index contributed by atoms with van der Waals surface area (Å²) >= 11 is 5.96. The molecule has 0 amide bonds. The molecule has 0 saturated heterocycles. The minimum Gasteiger partial charge on any atom is -0.377 e. The number of rotatable bonds is 4. The number of nitrogens with zero attached hydrogens (tertiary/aromatic N) is 1. The average molecular weight is 333 g/mol. The molecule has 0 fully saturated rings. The molecule has 0 spiro atoms. The first-order valence-electron chi connectivity index (χ1n) is 7.84. The van der Waals surface area contributed by atoms with Crippen LogP contribution in [-0.4, -0.2) is 16.9 Å². The van der Waals surface area contributed by atoms with E-state index >= 15 is 0 Å². The van der Waals surface area contributed by atoms with Crippen LogP contribution in [0.15, 0.2) is 24.3 Å². The molecule has 0 aliphatic heterocycles. The van der Waals surface area contributed by atoms with Crippen molar-refractivity contribution in [1.82, 2.24) is 4.57 Å². The van der Waals surface area contributed by atoms with Crippen molar-refractivity contribution in [3.8, 4) is 0 Å². The SMILES string of the molecule is Cc1cc(Cl)ccc1NCC(=O)c1cc(C)n(C(C)(C)C)c1C. The Bertz CT molecular complexity index is 739. The summed E-state index contributed by atoms with van der Waals surface area (Å²) in [5, 5.41) is 3.92. The van der Waals surface area contributed by atoms with E-state index in [0.717, 1.165) is 28.2 Å². The first-order chi connectivity index (χ1) is 10.6. The molecule has 124 valence electrons. The summed E-state index contributed by atoms with van der Waals surface area (Å²) in [4.78, 5) is 12.6. The molecule has 1 aromatic carbocycles. The average Bonchev–Trinajstić information content (AvgIpc) is 2.72. The number of hydrogen-bond acceptors (Lipinski definition) is 2. The summed E-state index contributed by atoms with van der Waals surface area (Å²) in [6.07, 6.45) is 0. The number of benzene rings is 1. The summed E-state index contributed by atoms with van der Waals surface area (Å²) in [6, 6.07) is 7.61. The number of anilines is 1. The van der Waals surface area contributed by atoms with Gasteiger partial charge in [0.1, 0.15) is 0 Å². The molecule has 1 N–H and O–H groups in total. The molecule has 0 bridgehead atoms. The molecule has 0 saturated carbocycles. The predicted octanol–water partition coefficient (Wildman–Crippen LogP) is 5.12. The van der Waals surface area contributed by atoms with Gasteiger partial charge in [0.15, 0.2) is 5.78 Å². The third kappa shape index (κ3) is 3.78. The van der Waals surface area contributed by atoms with Crippen molar-refractivity contribution in [3.05, 3.63) is 51.8 Å². The minimum atomic E-state index is -0.0348. The number of carbonyl (C=O) groups excluding carboxylic acids is 1. The fraction of sp³-hybridized carbons (Fsp3) is 0.421. The van der Waals surface area contributed by atoms with Crippen LogP contribution in [0.4, 0.5) is 5.69 Å². The van der Waals surface area contributed by atoms with Crippen LogP contribution < -0.4 is 5.32 Å². The molecule has 1 aromatic heterocycles. The largest absolute Gasteiger partial charge is 0.377 e. The van der Waals surface area contributed by atoms with Crippen LogP contribution in [0.1, 0.15) is 48.1 Å². The van der Waals surface area contributed by atoms with Crippen molar-refractivity contribution >= 4 is 23.1 Å². The molecule has 0 radical (unpaired) electrons. The minimum absolute atomic E-state index is 0.0348. The van der Waals surface area contributed by atoms with E-state index in [1.54, 1.807) is 0 Å². The Labute approximate surface area is 143 Å². The molecule has 23 heavy (non-hydrogen) atoms. The van der Waals surface area contributed by atoms with E-state index in [0.29, 0.717) is 5.02 Å². The summed E-state index contributed by atoms with van der Waals surface area (Å²) in [5.74, 6) is 0.1000. The van der Waals surface area contributed by atoms with Gasteiger partial charge in [0.25, 0.3) is 0 Å². The zero-order valence-corrected chi connectivity index (χ0v) is 15.5. The highest BCUT2D eigenvalue weighted by Crippen LogP contribution is 2.25. The lowest BCUT2D eigenvalue weighted by molar-refractivity contribution is 0.101. The van der Waals surface area contributed by atoms with Gasteiger partial charge in [-0.2, -0.15) is 0 Å². The Kier molecular flexibility index (Phi) is 4.90. The van der Waals surface area contributed by atoms with Crippen LogP contribution in [0.2, 0.25) is 5.02 Å². The summed E-state index contributed by atoms with van der Waals surface area (Å²) in [6.45, 7) is 12.8. The standard InChI is InChI=1S/C19H25ClN2O/c1-12-9-15(20)7-8-17(12)21-11-18(23)16-10-13(2)22(14(16)3)19(4,5)6/h7-10,21H,11H2,1-6H3. The highest BCUT2D eigenvalue weighted by Gasteiger charge is 2.22. The highest BCUT2D eigenvalue weighted by atomic mass is 35.5. The van der Waals surface area contributed by atoms with Crippen molar-refractivity contribution in [3.63, 3.8) is 0 Å². The van der Waals surface area contributed by atoms with Gasteiger partial charge in [-0.3, -0.25) is 4.79 Å². The summed E-state index contributed by atoms with van der Waals surface area (Å²) in [5.41, 5.74) is 4.86. The monoisotopic (exact) mass is 332 g/mol. The maximum Gasteiger partial charge on any atom is 0.183 e. The van der Waals surface area contributed by atoms with Crippen molar-refractivity contribution in [2.24, 2.45) is 0 Å². The zero-order valence-electron chi connectivity index (χ0n) is 14.7. The highest BCUT2D eigenvalue weighted by molar-refractivity contribution is 6.30. The molecule has 0 atom stereocenters. The lowest BCUT2D eigenvalue weighted by Gasteiger charge is -2.25. The molecule has 0 aliphatic rings. The van der Waals surface area contributed by atoms with E-state index < -0.39 is 0 Å². The molecular weight excluding hydrogens is 308 g/mol. The molecule has 1 heterocycles. The van der Waals surface area contributed by atoms with Crippen molar-refractivity contribution in [1.29, 1.82) is 0 Å². The summed E-state index contributed by atoms with van der Waals surface area (Å²) in [7, 11) is 0. The first-order valence-corrected chi connectivity index (χ1v) is 8.21. The smallest absolute Gasteiger partial charge is 0.183 e. The van der Waals surface area contributed by atoms with Gasteiger partial charge in [-0.15, -0.1) is 0 Å². The van der Waals surface area contributed by atoms with E-state index in [-0.39, 0.29) is 17.9 Å².